The van der Waals surface area contributed by atoms with Crippen LogP contribution in [0.2, 0.25) is 0 Å². The fraction of sp³-hybridized carbons (Fsp3) is 0.375. The third-order valence-corrected chi connectivity index (χ3v) is 4.71. The predicted molar refractivity (Wildman–Crippen MR) is 80.8 cm³/mol. The van der Waals surface area contributed by atoms with E-state index in [4.69, 9.17) is 0 Å². The number of thiazole rings is 1. The SMILES string of the molecule is O=C(NCCc1ccccc1)C1CCc2ncsc2C1. The molecule has 2 aromatic rings. The fourth-order valence-electron chi connectivity index (χ4n) is 2.64. The number of hydrogen-bond acceptors (Lipinski definition) is 3. The van der Waals surface area contributed by atoms with Crippen molar-refractivity contribution in [2.24, 2.45) is 5.92 Å². The molecular weight excluding hydrogens is 268 g/mol. The zero-order valence-electron chi connectivity index (χ0n) is 11.3. The Bertz CT molecular complexity index is 579. The Balaban J connectivity index is 1.48. The van der Waals surface area contributed by atoms with Gasteiger partial charge in [0.05, 0.1) is 11.2 Å². The van der Waals surface area contributed by atoms with Crippen LogP contribution in [0.25, 0.3) is 0 Å². The van der Waals surface area contributed by atoms with E-state index in [0.29, 0.717) is 0 Å². The third-order valence-electron chi connectivity index (χ3n) is 3.81. The van der Waals surface area contributed by atoms with Crippen LogP contribution in [-0.4, -0.2) is 17.4 Å². The molecule has 1 unspecified atom stereocenters. The maximum absolute atomic E-state index is 12.2. The van der Waals surface area contributed by atoms with E-state index < -0.39 is 0 Å². The summed E-state index contributed by atoms with van der Waals surface area (Å²) in [6.07, 6.45) is 3.62. The second kappa shape index (κ2) is 6.18. The van der Waals surface area contributed by atoms with Crippen LogP contribution >= 0.6 is 11.3 Å². The van der Waals surface area contributed by atoms with Crippen LogP contribution < -0.4 is 5.32 Å². The number of hydrogen-bond donors (Lipinski definition) is 1. The van der Waals surface area contributed by atoms with Gasteiger partial charge in [-0.15, -0.1) is 11.3 Å². The first-order valence-corrected chi connectivity index (χ1v) is 7.94. The van der Waals surface area contributed by atoms with Crippen LogP contribution in [-0.2, 0) is 24.1 Å². The number of rotatable bonds is 4. The number of nitrogens with one attached hydrogen (secondary N) is 1. The third kappa shape index (κ3) is 3.07. The summed E-state index contributed by atoms with van der Waals surface area (Å²) in [5.74, 6) is 0.318. The van der Waals surface area contributed by atoms with Gasteiger partial charge in [-0.3, -0.25) is 4.79 Å². The Labute approximate surface area is 123 Å². The highest BCUT2D eigenvalue weighted by molar-refractivity contribution is 7.09. The number of carbonyl (C=O) groups is 1. The van der Waals surface area contributed by atoms with Crippen molar-refractivity contribution in [3.8, 4) is 0 Å². The molecule has 0 fully saturated rings. The highest BCUT2D eigenvalue weighted by atomic mass is 32.1. The standard InChI is InChI=1S/C16H18N2OS/c19-16(17-9-8-12-4-2-1-3-5-12)13-6-7-14-15(10-13)20-11-18-14/h1-5,11,13H,6-10H2,(H,17,19). The van der Waals surface area contributed by atoms with Gasteiger partial charge in [-0.25, -0.2) is 4.98 Å². The molecule has 104 valence electrons. The van der Waals surface area contributed by atoms with Crippen molar-refractivity contribution in [3.63, 3.8) is 0 Å². The summed E-state index contributed by atoms with van der Waals surface area (Å²) < 4.78 is 0. The lowest BCUT2D eigenvalue weighted by Gasteiger charge is -2.20. The first-order valence-electron chi connectivity index (χ1n) is 7.06. The molecule has 0 saturated carbocycles. The maximum Gasteiger partial charge on any atom is 0.223 e. The van der Waals surface area contributed by atoms with Crippen molar-refractivity contribution >= 4 is 17.2 Å². The molecule has 1 amide bonds. The molecule has 1 aliphatic carbocycles. The van der Waals surface area contributed by atoms with Crippen LogP contribution in [0.3, 0.4) is 0 Å². The van der Waals surface area contributed by atoms with E-state index in [1.807, 2.05) is 23.7 Å². The summed E-state index contributed by atoms with van der Waals surface area (Å²) in [7, 11) is 0. The summed E-state index contributed by atoms with van der Waals surface area (Å²) in [6, 6.07) is 10.3. The van der Waals surface area contributed by atoms with Gasteiger partial charge in [-0.2, -0.15) is 0 Å². The minimum absolute atomic E-state index is 0.124. The van der Waals surface area contributed by atoms with E-state index in [0.717, 1.165) is 32.2 Å². The molecule has 1 atom stereocenters. The second-order valence-electron chi connectivity index (χ2n) is 5.19. The Morgan fingerprint density at radius 3 is 3.05 bits per heavy atom. The molecule has 3 nitrogen and oxygen atoms in total. The number of fused-ring (bicyclic) bond motifs is 1. The maximum atomic E-state index is 12.2. The van der Waals surface area contributed by atoms with Crippen molar-refractivity contribution < 1.29 is 4.79 Å². The Morgan fingerprint density at radius 1 is 1.35 bits per heavy atom. The number of nitrogens with zero attached hydrogens (tertiary/aromatic N) is 1. The van der Waals surface area contributed by atoms with E-state index in [2.05, 4.69) is 22.4 Å². The average Bonchev–Trinajstić information content (AvgIpc) is 2.95. The van der Waals surface area contributed by atoms with Crippen molar-refractivity contribution in [1.29, 1.82) is 0 Å². The Morgan fingerprint density at radius 2 is 2.20 bits per heavy atom. The predicted octanol–water partition coefficient (Wildman–Crippen LogP) is 2.61. The summed E-state index contributed by atoms with van der Waals surface area (Å²) in [5, 5.41) is 3.07. The number of aromatic nitrogens is 1. The van der Waals surface area contributed by atoms with E-state index in [1.165, 1.54) is 16.1 Å². The van der Waals surface area contributed by atoms with E-state index in [-0.39, 0.29) is 11.8 Å². The lowest BCUT2D eigenvalue weighted by Crippen LogP contribution is -2.35. The molecule has 1 aromatic heterocycles. The van der Waals surface area contributed by atoms with Gasteiger partial charge in [0.25, 0.3) is 0 Å². The molecular formula is C16H18N2OS. The zero-order chi connectivity index (χ0) is 13.8. The number of amides is 1. The van der Waals surface area contributed by atoms with E-state index >= 15 is 0 Å². The van der Waals surface area contributed by atoms with Crippen LogP contribution in [0.4, 0.5) is 0 Å². The van der Waals surface area contributed by atoms with Gasteiger partial charge < -0.3 is 5.32 Å². The van der Waals surface area contributed by atoms with Gasteiger partial charge in [-0.05, 0) is 31.2 Å². The molecule has 0 aliphatic heterocycles. The minimum atomic E-state index is 0.124. The quantitative estimate of drug-likeness (QED) is 0.938. The molecule has 0 radical (unpaired) electrons. The van der Waals surface area contributed by atoms with Crippen molar-refractivity contribution in [3.05, 3.63) is 52.0 Å². The lowest BCUT2D eigenvalue weighted by molar-refractivity contribution is -0.125. The smallest absolute Gasteiger partial charge is 0.223 e. The average molecular weight is 286 g/mol. The molecule has 0 spiro atoms. The molecule has 3 rings (SSSR count). The van der Waals surface area contributed by atoms with Gasteiger partial charge in [0.1, 0.15) is 0 Å². The monoisotopic (exact) mass is 286 g/mol. The molecule has 1 aliphatic rings. The number of benzene rings is 1. The highest BCUT2D eigenvalue weighted by Crippen LogP contribution is 2.27. The number of aryl methyl sites for hydroxylation is 1. The van der Waals surface area contributed by atoms with E-state index in [1.54, 1.807) is 11.3 Å². The fourth-order valence-corrected chi connectivity index (χ4v) is 3.54. The molecule has 20 heavy (non-hydrogen) atoms. The topological polar surface area (TPSA) is 42.0 Å². The summed E-state index contributed by atoms with van der Waals surface area (Å²) in [6.45, 7) is 0.717. The van der Waals surface area contributed by atoms with Crippen molar-refractivity contribution in [2.45, 2.75) is 25.7 Å². The van der Waals surface area contributed by atoms with Gasteiger partial charge in [0, 0.05) is 17.3 Å². The van der Waals surface area contributed by atoms with Crippen molar-refractivity contribution in [2.75, 3.05) is 6.54 Å². The molecule has 1 heterocycles. The molecule has 1 aromatic carbocycles. The summed E-state index contributed by atoms with van der Waals surface area (Å²) >= 11 is 1.68. The molecule has 4 heteroatoms. The Hall–Kier alpha value is -1.68. The lowest BCUT2D eigenvalue weighted by atomic mass is 9.90. The van der Waals surface area contributed by atoms with E-state index in [9.17, 15) is 4.79 Å². The van der Waals surface area contributed by atoms with Crippen LogP contribution in [0.1, 0.15) is 22.6 Å². The minimum Gasteiger partial charge on any atom is -0.356 e. The molecule has 1 N–H and O–H groups in total. The van der Waals surface area contributed by atoms with Crippen LogP contribution in [0, 0.1) is 5.92 Å². The number of carbonyl (C=O) groups excluding carboxylic acids is 1. The second-order valence-corrected chi connectivity index (χ2v) is 6.13. The Kier molecular flexibility index (Phi) is 4.11. The zero-order valence-corrected chi connectivity index (χ0v) is 12.2. The molecule has 0 bridgehead atoms. The summed E-state index contributed by atoms with van der Waals surface area (Å²) in [4.78, 5) is 17.8. The first kappa shape index (κ1) is 13.3. The summed E-state index contributed by atoms with van der Waals surface area (Å²) in [5.41, 5.74) is 4.35. The normalized spacial score (nSPS) is 17.5. The van der Waals surface area contributed by atoms with Gasteiger partial charge in [-0.1, -0.05) is 30.3 Å². The van der Waals surface area contributed by atoms with Gasteiger partial charge >= 0.3 is 0 Å². The highest BCUT2D eigenvalue weighted by Gasteiger charge is 2.25. The van der Waals surface area contributed by atoms with Crippen LogP contribution in [0.15, 0.2) is 35.8 Å². The van der Waals surface area contributed by atoms with Crippen LogP contribution in [0.5, 0.6) is 0 Å². The molecule has 0 saturated heterocycles. The first-order chi connectivity index (χ1) is 9.83. The largest absolute Gasteiger partial charge is 0.356 e. The van der Waals surface area contributed by atoms with Crippen molar-refractivity contribution in [1.82, 2.24) is 10.3 Å². The van der Waals surface area contributed by atoms with Gasteiger partial charge in [0.15, 0.2) is 0 Å². The van der Waals surface area contributed by atoms with Gasteiger partial charge in [0.2, 0.25) is 5.91 Å².